The van der Waals surface area contributed by atoms with Crippen LogP contribution < -0.4 is 10.1 Å². The number of nitrogens with zero attached hydrogens (tertiary/aromatic N) is 1. The number of anilines is 1. The van der Waals surface area contributed by atoms with Crippen LogP contribution in [0.4, 0.5) is 14.9 Å². The Morgan fingerprint density at radius 1 is 1.27 bits per heavy atom. The molecule has 0 saturated heterocycles. The maximum Gasteiger partial charge on any atom is 0.404 e. The minimum atomic E-state index is -1.79. The maximum absolute atomic E-state index is 13.2. The lowest BCUT2D eigenvalue weighted by Crippen LogP contribution is -2.47. The van der Waals surface area contributed by atoms with Crippen molar-refractivity contribution >= 4 is 25.1 Å². The predicted molar refractivity (Wildman–Crippen MR) is 96.5 cm³/mol. The van der Waals surface area contributed by atoms with Crippen LogP contribution >= 0.6 is 0 Å². The normalized spacial score (nSPS) is 11.0. The SMILES string of the molecule is C=CC[Si](CC=C)(CCC)c1cccc(N(CC)C(=O)F)c1. The van der Waals surface area contributed by atoms with Crippen molar-refractivity contribution < 1.29 is 9.18 Å². The van der Waals surface area contributed by atoms with Crippen LogP contribution in [0.15, 0.2) is 49.6 Å². The van der Waals surface area contributed by atoms with Gasteiger partial charge < -0.3 is 0 Å². The Hall–Kier alpha value is -1.68. The lowest BCUT2D eigenvalue weighted by molar-refractivity contribution is 0.228. The van der Waals surface area contributed by atoms with Gasteiger partial charge >= 0.3 is 6.16 Å². The van der Waals surface area contributed by atoms with Crippen LogP contribution in [0.5, 0.6) is 0 Å². The van der Waals surface area contributed by atoms with Gasteiger partial charge in [0, 0.05) is 12.2 Å². The van der Waals surface area contributed by atoms with Crippen molar-refractivity contribution in [3.63, 3.8) is 0 Å². The highest BCUT2D eigenvalue weighted by Gasteiger charge is 2.32. The smallest absolute Gasteiger partial charge is 0.285 e. The van der Waals surface area contributed by atoms with Crippen molar-refractivity contribution in [3.05, 3.63) is 49.6 Å². The molecule has 0 aliphatic carbocycles. The van der Waals surface area contributed by atoms with Gasteiger partial charge in [-0.3, -0.25) is 4.90 Å². The number of amides is 1. The molecule has 1 aromatic rings. The van der Waals surface area contributed by atoms with Crippen LogP contribution in [-0.4, -0.2) is 20.8 Å². The van der Waals surface area contributed by atoms with E-state index in [1.165, 1.54) is 5.19 Å². The van der Waals surface area contributed by atoms with Gasteiger partial charge in [-0.25, -0.2) is 4.79 Å². The molecule has 1 aromatic carbocycles. The van der Waals surface area contributed by atoms with E-state index >= 15 is 0 Å². The lowest BCUT2D eigenvalue weighted by atomic mass is 10.3. The molecule has 1 rings (SSSR count). The van der Waals surface area contributed by atoms with E-state index < -0.39 is 14.2 Å². The third-order valence-corrected chi connectivity index (χ3v) is 9.23. The maximum atomic E-state index is 13.2. The Balaban J connectivity index is 3.33. The molecule has 0 aliphatic heterocycles. The third kappa shape index (κ3) is 4.16. The summed E-state index contributed by atoms with van der Waals surface area (Å²) in [6.45, 7) is 12.1. The summed E-state index contributed by atoms with van der Waals surface area (Å²) >= 11 is 0. The second-order valence-electron chi connectivity index (χ2n) is 5.56. The Bertz CT molecular complexity index is 520. The number of halogens is 1. The summed E-state index contributed by atoms with van der Waals surface area (Å²) in [5.41, 5.74) is 0.633. The van der Waals surface area contributed by atoms with Gasteiger partial charge in [0.1, 0.15) is 0 Å². The first-order valence-corrected chi connectivity index (χ1v) is 10.5. The monoisotopic (exact) mass is 319 g/mol. The Labute approximate surface area is 134 Å². The number of benzene rings is 1. The Kier molecular flexibility index (Phi) is 7.25. The number of hydrogen-bond donors (Lipinski definition) is 0. The van der Waals surface area contributed by atoms with E-state index in [1.54, 1.807) is 13.0 Å². The summed E-state index contributed by atoms with van der Waals surface area (Å²) in [4.78, 5) is 12.3. The van der Waals surface area contributed by atoms with Gasteiger partial charge in [0.25, 0.3) is 0 Å². The van der Waals surface area contributed by atoms with Gasteiger partial charge in [0.05, 0.1) is 8.07 Å². The zero-order valence-corrected chi connectivity index (χ0v) is 14.6. The number of carbonyl (C=O) groups is 1. The molecular formula is C18H26FNOSi. The van der Waals surface area contributed by atoms with Gasteiger partial charge in [-0.2, -0.15) is 0 Å². The zero-order valence-electron chi connectivity index (χ0n) is 13.6. The van der Waals surface area contributed by atoms with Crippen LogP contribution in [0.25, 0.3) is 0 Å². The van der Waals surface area contributed by atoms with Gasteiger partial charge in [-0.15, -0.1) is 17.5 Å². The summed E-state index contributed by atoms with van der Waals surface area (Å²) in [6, 6.07) is 10.9. The predicted octanol–water partition coefficient (Wildman–Crippen LogP) is 5.04. The van der Waals surface area contributed by atoms with Crippen molar-refractivity contribution in [2.45, 2.75) is 38.4 Å². The van der Waals surface area contributed by atoms with Crippen LogP contribution in [0.3, 0.4) is 0 Å². The standard InChI is InChI=1S/C18H26FNOSi/c1-5-12-22(13-6-2,14-7-3)17-11-9-10-16(15-17)20(8-4)18(19)21/h5-6,9-11,15H,1-2,7-8,12-14H2,3-4H3. The molecule has 0 radical (unpaired) electrons. The molecule has 0 heterocycles. The molecule has 0 atom stereocenters. The van der Waals surface area contributed by atoms with Crippen LogP contribution in [0, 0.1) is 0 Å². The first kappa shape index (κ1) is 18.4. The molecule has 1 amide bonds. The molecule has 0 fully saturated rings. The quantitative estimate of drug-likeness (QED) is 0.270. The molecule has 4 heteroatoms. The van der Waals surface area contributed by atoms with Gasteiger partial charge in [-0.1, -0.05) is 48.9 Å². The molecule has 120 valence electrons. The van der Waals surface area contributed by atoms with E-state index in [1.807, 2.05) is 24.3 Å². The Morgan fingerprint density at radius 2 is 1.91 bits per heavy atom. The highest BCUT2D eigenvalue weighted by molar-refractivity contribution is 6.92. The summed E-state index contributed by atoms with van der Waals surface area (Å²) in [5.74, 6) is 0. The number of allylic oxidation sites excluding steroid dienone is 2. The highest BCUT2D eigenvalue weighted by Crippen LogP contribution is 2.26. The molecule has 22 heavy (non-hydrogen) atoms. The average molecular weight is 319 g/mol. The van der Waals surface area contributed by atoms with Crippen molar-refractivity contribution in [2.75, 3.05) is 11.4 Å². The largest absolute Gasteiger partial charge is 0.404 e. The van der Waals surface area contributed by atoms with Crippen molar-refractivity contribution in [1.82, 2.24) is 0 Å². The number of carbonyl (C=O) groups excluding carboxylic acids is 1. The third-order valence-electron chi connectivity index (χ3n) is 4.10. The molecule has 0 unspecified atom stereocenters. The molecule has 0 bridgehead atoms. The average Bonchev–Trinajstić information content (AvgIpc) is 2.48. The molecule has 2 nitrogen and oxygen atoms in total. The molecule has 0 saturated carbocycles. The first-order chi connectivity index (χ1) is 10.5. The topological polar surface area (TPSA) is 20.3 Å². The van der Waals surface area contributed by atoms with Crippen LogP contribution in [0.1, 0.15) is 20.3 Å². The van der Waals surface area contributed by atoms with E-state index in [0.29, 0.717) is 12.2 Å². The lowest BCUT2D eigenvalue weighted by Gasteiger charge is -2.31. The fourth-order valence-corrected chi connectivity index (χ4v) is 7.41. The summed E-state index contributed by atoms with van der Waals surface area (Å²) in [5, 5.41) is 1.24. The van der Waals surface area contributed by atoms with E-state index in [-0.39, 0.29) is 0 Å². The Morgan fingerprint density at radius 3 is 2.36 bits per heavy atom. The fourth-order valence-electron chi connectivity index (χ4n) is 3.11. The van der Waals surface area contributed by atoms with Crippen molar-refractivity contribution in [3.8, 4) is 0 Å². The molecule has 0 aliphatic rings. The summed E-state index contributed by atoms with van der Waals surface area (Å²) in [7, 11) is -1.79. The van der Waals surface area contributed by atoms with E-state index in [4.69, 9.17) is 0 Å². The summed E-state index contributed by atoms with van der Waals surface area (Å²) < 4.78 is 13.2. The van der Waals surface area contributed by atoms with Crippen LogP contribution in [-0.2, 0) is 0 Å². The second kappa shape index (κ2) is 8.69. The summed E-state index contributed by atoms with van der Waals surface area (Å²) in [6.07, 6.45) is 3.65. The molecule has 0 spiro atoms. The van der Waals surface area contributed by atoms with Gasteiger partial charge in [-0.05, 0) is 31.1 Å². The second-order valence-corrected chi connectivity index (χ2v) is 10.0. The fraction of sp³-hybridized carbons (Fsp3) is 0.389. The number of rotatable bonds is 9. The molecular weight excluding hydrogens is 293 g/mol. The van der Waals surface area contributed by atoms with Crippen molar-refractivity contribution in [2.24, 2.45) is 0 Å². The molecule has 0 N–H and O–H groups in total. The van der Waals surface area contributed by atoms with E-state index in [9.17, 15) is 9.18 Å². The number of hydrogen-bond acceptors (Lipinski definition) is 1. The molecule has 0 aromatic heterocycles. The van der Waals surface area contributed by atoms with Gasteiger partial charge in [0.2, 0.25) is 0 Å². The van der Waals surface area contributed by atoms with E-state index in [0.717, 1.165) is 29.5 Å². The minimum absolute atomic E-state index is 0.323. The highest BCUT2D eigenvalue weighted by atomic mass is 28.3. The first-order valence-electron chi connectivity index (χ1n) is 7.84. The zero-order chi connectivity index (χ0) is 16.6. The van der Waals surface area contributed by atoms with Crippen molar-refractivity contribution in [1.29, 1.82) is 0 Å². The van der Waals surface area contributed by atoms with E-state index in [2.05, 4.69) is 26.1 Å². The minimum Gasteiger partial charge on any atom is -0.285 e. The van der Waals surface area contributed by atoms with Gasteiger partial charge in [0.15, 0.2) is 0 Å². The van der Waals surface area contributed by atoms with Crippen LogP contribution in [0.2, 0.25) is 18.1 Å².